The minimum atomic E-state index is -1.16. The third-order valence-electron chi connectivity index (χ3n) is 4.19. The number of azide groups is 1. The van der Waals surface area contributed by atoms with Gasteiger partial charge in [0.15, 0.2) is 0 Å². The maximum Gasteiger partial charge on any atom is 0.352 e. The monoisotopic (exact) mass is 373 g/mol. The molecule has 9 nitrogen and oxygen atoms in total. The van der Waals surface area contributed by atoms with Gasteiger partial charge in [-0.25, -0.2) is 4.79 Å². The fourth-order valence-corrected chi connectivity index (χ4v) is 4.26. The molecule has 0 bridgehead atoms. The second-order valence-corrected chi connectivity index (χ2v) is 6.95. The van der Waals surface area contributed by atoms with E-state index in [2.05, 4.69) is 15.3 Å². The molecule has 2 heterocycles. The first-order valence-electron chi connectivity index (χ1n) is 7.73. The van der Waals surface area contributed by atoms with E-state index in [0.717, 1.165) is 0 Å². The standard InChI is InChI=1S/C16H15N5O4S/c1-8-7-26-15-11(14(23)21(15)12(8)16(24)25)18-13(22)10(19-20-17)9-5-3-2-4-6-9/h2-6,10-11,15H,7H2,1H3,(H,18,22)(H,24,25)/t10-,11-,15-/m1/s1. The van der Waals surface area contributed by atoms with Crippen LogP contribution in [0.4, 0.5) is 0 Å². The van der Waals surface area contributed by atoms with Gasteiger partial charge in [0.2, 0.25) is 5.91 Å². The van der Waals surface area contributed by atoms with E-state index in [4.69, 9.17) is 5.53 Å². The SMILES string of the molecule is CC1=C(C(=O)O)N2C(=O)[C@@H](NC(=O)[C@H](N=[N+]=[N-])c3ccccc3)[C@H]2SC1. The maximum absolute atomic E-state index is 12.6. The van der Waals surface area contributed by atoms with Gasteiger partial charge in [0, 0.05) is 10.7 Å². The molecule has 26 heavy (non-hydrogen) atoms. The molecule has 2 N–H and O–H groups in total. The largest absolute Gasteiger partial charge is 0.477 e. The molecule has 3 rings (SSSR count). The summed E-state index contributed by atoms with van der Waals surface area (Å²) < 4.78 is 0. The van der Waals surface area contributed by atoms with Gasteiger partial charge in [0.05, 0.1) is 0 Å². The quantitative estimate of drug-likeness (QED) is 0.351. The van der Waals surface area contributed by atoms with Crippen LogP contribution in [-0.4, -0.2) is 45.0 Å². The lowest BCUT2D eigenvalue weighted by atomic mass is 10.0. The Morgan fingerprint density at radius 1 is 1.42 bits per heavy atom. The molecule has 0 unspecified atom stereocenters. The Hall–Kier alpha value is -2.97. The summed E-state index contributed by atoms with van der Waals surface area (Å²) in [5.74, 6) is -1.79. The van der Waals surface area contributed by atoms with Crippen molar-refractivity contribution >= 4 is 29.5 Å². The molecular formula is C16H15N5O4S. The number of aliphatic carboxylic acids is 1. The summed E-state index contributed by atoms with van der Waals surface area (Å²) in [5, 5.41) is 15.0. The van der Waals surface area contributed by atoms with Crippen molar-refractivity contribution in [3.05, 3.63) is 57.6 Å². The van der Waals surface area contributed by atoms with Gasteiger partial charge in [-0.1, -0.05) is 35.4 Å². The van der Waals surface area contributed by atoms with Crippen LogP contribution < -0.4 is 5.32 Å². The van der Waals surface area contributed by atoms with Crippen molar-refractivity contribution in [2.75, 3.05) is 5.75 Å². The molecule has 0 spiro atoms. The number of hydrogen-bond donors (Lipinski definition) is 2. The van der Waals surface area contributed by atoms with Crippen molar-refractivity contribution < 1.29 is 19.5 Å². The molecule has 2 aliphatic rings. The van der Waals surface area contributed by atoms with E-state index in [1.54, 1.807) is 37.3 Å². The van der Waals surface area contributed by atoms with E-state index >= 15 is 0 Å². The van der Waals surface area contributed by atoms with Crippen LogP contribution in [0.25, 0.3) is 10.4 Å². The van der Waals surface area contributed by atoms with Gasteiger partial charge in [0.1, 0.15) is 23.2 Å². The minimum absolute atomic E-state index is 0.0288. The van der Waals surface area contributed by atoms with Crippen molar-refractivity contribution in [1.29, 1.82) is 0 Å². The predicted octanol–water partition coefficient (Wildman–Crippen LogP) is 1.80. The number of fused-ring (bicyclic) bond motifs is 1. The van der Waals surface area contributed by atoms with Gasteiger partial charge >= 0.3 is 5.97 Å². The number of hydrogen-bond acceptors (Lipinski definition) is 5. The first kappa shape index (κ1) is 17.8. The number of β-lactam (4-membered cyclic amide) rings is 1. The Morgan fingerprint density at radius 2 is 2.12 bits per heavy atom. The Morgan fingerprint density at radius 3 is 2.73 bits per heavy atom. The van der Waals surface area contributed by atoms with Crippen LogP contribution in [0.15, 0.2) is 46.7 Å². The topological polar surface area (TPSA) is 135 Å². The summed E-state index contributed by atoms with van der Waals surface area (Å²) in [4.78, 5) is 40.3. The van der Waals surface area contributed by atoms with Crippen molar-refractivity contribution in [2.24, 2.45) is 5.11 Å². The number of carbonyl (C=O) groups excluding carboxylic acids is 2. The number of amides is 2. The highest BCUT2D eigenvalue weighted by molar-refractivity contribution is 8.00. The van der Waals surface area contributed by atoms with Crippen LogP contribution in [0.2, 0.25) is 0 Å². The zero-order valence-electron chi connectivity index (χ0n) is 13.7. The highest BCUT2D eigenvalue weighted by atomic mass is 32.2. The van der Waals surface area contributed by atoms with Gasteiger partial charge in [-0.3, -0.25) is 14.5 Å². The van der Waals surface area contributed by atoms with Crippen LogP contribution in [0.1, 0.15) is 18.5 Å². The van der Waals surface area contributed by atoms with E-state index in [9.17, 15) is 19.5 Å². The number of nitrogens with one attached hydrogen (secondary N) is 1. The molecule has 1 saturated heterocycles. The first-order chi connectivity index (χ1) is 12.5. The molecule has 2 aliphatic heterocycles. The van der Waals surface area contributed by atoms with Crippen LogP contribution in [0.5, 0.6) is 0 Å². The smallest absolute Gasteiger partial charge is 0.352 e. The number of carboxylic acid groups (broad SMARTS) is 1. The summed E-state index contributed by atoms with van der Waals surface area (Å²) in [6, 6.07) is 6.53. The van der Waals surface area contributed by atoms with Crippen LogP contribution in [-0.2, 0) is 14.4 Å². The molecular weight excluding hydrogens is 358 g/mol. The van der Waals surface area contributed by atoms with Gasteiger partial charge in [0.25, 0.3) is 5.91 Å². The van der Waals surface area contributed by atoms with Gasteiger partial charge in [-0.2, -0.15) is 0 Å². The lowest BCUT2D eigenvalue weighted by Gasteiger charge is -2.49. The van der Waals surface area contributed by atoms with E-state index in [1.165, 1.54) is 16.7 Å². The highest BCUT2D eigenvalue weighted by Crippen LogP contribution is 2.40. The third kappa shape index (κ3) is 3.00. The second kappa shape index (κ2) is 7.11. The molecule has 0 aliphatic carbocycles. The average Bonchev–Trinajstić information content (AvgIpc) is 2.64. The second-order valence-electron chi connectivity index (χ2n) is 5.85. The summed E-state index contributed by atoms with van der Waals surface area (Å²) in [6.07, 6.45) is 0. The molecule has 1 aromatic rings. The zero-order valence-corrected chi connectivity index (χ0v) is 14.5. The van der Waals surface area contributed by atoms with Crippen LogP contribution in [0.3, 0.4) is 0 Å². The summed E-state index contributed by atoms with van der Waals surface area (Å²) in [7, 11) is 0. The van der Waals surface area contributed by atoms with Crippen molar-refractivity contribution in [3.63, 3.8) is 0 Å². The normalized spacial score (nSPS) is 22.7. The fraction of sp³-hybridized carbons (Fsp3) is 0.312. The van der Waals surface area contributed by atoms with Crippen LogP contribution >= 0.6 is 11.8 Å². The van der Waals surface area contributed by atoms with E-state index < -0.39 is 35.2 Å². The Kier molecular flexibility index (Phi) is 4.88. The van der Waals surface area contributed by atoms with Gasteiger partial charge in [-0.05, 0) is 23.6 Å². The summed E-state index contributed by atoms with van der Waals surface area (Å²) >= 11 is 1.38. The Bertz CT molecular complexity index is 849. The fourth-order valence-electron chi connectivity index (χ4n) is 2.96. The molecule has 1 fully saturated rings. The lowest BCUT2D eigenvalue weighted by Crippen LogP contribution is -2.70. The molecule has 2 amide bonds. The molecule has 0 saturated carbocycles. The summed E-state index contributed by atoms with van der Waals surface area (Å²) in [6.45, 7) is 1.67. The number of benzene rings is 1. The van der Waals surface area contributed by atoms with Gasteiger partial charge in [-0.15, -0.1) is 11.8 Å². The molecule has 0 aromatic heterocycles. The number of carboxylic acids is 1. The Balaban J connectivity index is 1.78. The third-order valence-corrected chi connectivity index (χ3v) is 5.61. The molecule has 134 valence electrons. The van der Waals surface area contributed by atoms with Crippen molar-refractivity contribution in [1.82, 2.24) is 10.2 Å². The zero-order chi connectivity index (χ0) is 18.8. The highest BCUT2D eigenvalue weighted by Gasteiger charge is 2.54. The van der Waals surface area contributed by atoms with E-state index in [-0.39, 0.29) is 5.70 Å². The first-order valence-corrected chi connectivity index (χ1v) is 8.77. The summed E-state index contributed by atoms with van der Waals surface area (Å²) in [5.41, 5.74) is 9.82. The molecule has 3 atom stereocenters. The maximum atomic E-state index is 12.6. The number of thioether (sulfide) groups is 1. The van der Waals surface area contributed by atoms with Crippen molar-refractivity contribution in [2.45, 2.75) is 24.4 Å². The lowest BCUT2D eigenvalue weighted by molar-refractivity contribution is -0.150. The number of nitrogens with zero attached hydrogens (tertiary/aromatic N) is 4. The average molecular weight is 373 g/mol. The molecule has 10 heteroatoms. The van der Waals surface area contributed by atoms with Crippen LogP contribution in [0, 0.1) is 0 Å². The van der Waals surface area contributed by atoms with E-state index in [0.29, 0.717) is 16.9 Å². The molecule has 1 aromatic carbocycles. The molecule has 0 radical (unpaired) electrons. The number of rotatable bonds is 5. The van der Waals surface area contributed by atoms with E-state index in [1.807, 2.05) is 0 Å². The minimum Gasteiger partial charge on any atom is -0.477 e. The Labute approximate surface area is 152 Å². The van der Waals surface area contributed by atoms with Crippen molar-refractivity contribution in [3.8, 4) is 0 Å². The van der Waals surface area contributed by atoms with Gasteiger partial charge < -0.3 is 10.4 Å². The number of carbonyl (C=O) groups is 3. The predicted molar refractivity (Wildman–Crippen MR) is 93.7 cm³/mol.